The molecule has 4 aliphatic rings. The van der Waals surface area contributed by atoms with Crippen LogP contribution >= 0.6 is 0 Å². The molecule has 4 fully saturated rings. The number of hydrogen-bond donors (Lipinski definition) is 4. The third-order valence-corrected chi connectivity index (χ3v) is 14.5. The fraction of sp³-hybridized carbons (Fsp3) is 0.451. The van der Waals surface area contributed by atoms with Crippen LogP contribution in [0.25, 0.3) is 55.9 Å². The molecular weight excluding hydrogens is 949 g/mol. The van der Waals surface area contributed by atoms with Gasteiger partial charge in [0.25, 0.3) is 11.1 Å². The number of aliphatic hydroxyl groups is 1. The van der Waals surface area contributed by atoms with Crippen molar-refractivity contribution in [2.45, 2.75) is 115 Å². The largest absolute Gasteiger partial charge is 0.412 e. The third kappa shape index (κ3) is 10.9. The van der Waals surface area contributed by atoms with Gasteiger partial charge in [0.2, 0.25) is 0 Å². The van der Waals surface area contributed by atoms with Crippen molar-refractivity contribution in [1.82, 2.24) is 58.9 Å². The van der Waals surface area contributed by atoms with Gasteiger partial charge in [-0.15, -0.1) is 0 Å². The number of rotatable bonds is 7. The zero-order valence-corrected chi connectivity index (χ0v) is 42.5. The number of halogens is 4. The minimum Gasteiger partial charge on any atom is -0.412 e. The van der Waals surface area contributed by atoms with E-state index in [9.17, 15) is 18.4 Å². The number of aryl methyl sites for hydroxylation is 2. The van der Waals surface area contributed by atoms with E-state index < -0.39 is 42.4 Å². The second kappa shape index (κ2) is 19.6. The summed E-state index contributed by atoms with van der Waals surface area (Å²) in [6.07, 6.45) is 12.9. The molecule has 72 heavy (non-hydrogen) atoms. The zero-order chi connectivity index (χ0) is 51.3. The van der Waals surface area contributed by atoms with E-state index in [1.54, 1.807) is 71.7 Å². The molecule has 4 N–H and O–H groups in total. The first-order valence-electron chi connectivity index (χ1n) is 24.3. The van der Waals surface area contributed by atoms with Gasteiger partial charge in [-0.25, -0.2) is 47.5 Å². The van der Waals surface area contributed by atoms with Crippen LogP contribution in [0.2, 0.25) is 19.6 Å². The average molecular weight is 1010 g/mol. The van der Waals surface area contributed by atoms with E-state index in [-0.39, 0.29) is 46.8 Å². The monoisotopic (exact) mass is 1010 g/mol. The summed E-state index contributed by atoms with van der Waals surface area (Å²) in [4.78, 5) is 58.8. The number of aromatic amines is 2. The van der Waals surface area contributed by atoms with Crippen LogP contribution in [0.15, 0.2) is 70.8 Å². The summed E-state index contributed by atoms with van der Waals surface area (Å²) in [6.45, 7) is 14.9. The van der Waals surface area contributed by atoms with Gasteiger partial charge in [-0.1, -0.05) is 0 Å². The van der Waals surface area contributed by atoms with E-state index in [1.807, 2.05) is 0 Å². The molecule has 0 atom stereocenters. The molecule has 8 aromatic rings. The number of aliphatic hydroxyl groups excluding tert-OH is 1. The number of nitrogens with zero attached hydrogens (tertiary/aromatic N) is 9. The Kier molecular flexibility index (Phi) is 13.8. The molecule has 2 saturated carbocycles. The number of H-pyrrole nitrogens is 2. The van der Waals surface area contributed by atoms with Crippen molar-refractivity contribution in [3.05, 3.63) is 117 Å². The van der Waals surface area contributed by atoms with Crippen LogP contribution in [0.4, 0.5) is 17.6 Å². The van der Waals surface area contributed by atoms with Crippen LogP contribution < -0.4 is 16.4 Å². The predicted octanol–water partition coefficient (Wildman–Crippen LogP) is 8.13. The molecule has 0 bridgehead atoms. The molecule has 8 aromatic heterocycles. The van der Waals surface area contributed by atoms with Crippen molar-refractivity contribution in [3.8, 4) is 22.5 Å². The first kappa shape index (κ1) is 50.7. The number of pyridine rings is 4. The van der Waals surface area contributed by atoms with Gasteiger partial charge in [-0.2, -0.15) is 0 Å². The first-order valence-corrected chi connectivity index (χ1v) is 27.8. The Labute approximate surface area is 413 Å². The van der Waals surface area contributed by atoms with Gasteiger partial charge in [0.05, 0.1) is 39.4 Å². The molecule has 380 valence electrons. The van der Waals surface area contributed by atoms with Crippen molar-refractivity contribution >= 4 is 41.7 Å². The summed E-state index contributed by atoms with van der Waals surface area (Å²) in [6, 6.07) is 9.84. The average Bonchev–Trinajstić information content (AvgIpc) is 4.25. The lowest BCUT2D eigenvalue weighted by atomic mass is 9.92. The number of imidazole rings is 2. The minimum atomic E-state index is -1.66. The number of fused-ring (bicyclic) bond motifs is 4. The highest BCUT2D eigenvalue weighted by atomic mass is 28.4. The van der Waals surface area contributed by atoms with Gasteiger partial charge in [0.1, 0.15) is 11.6 Å². The lowest BCUT2D eigenvalue weighted by molar-refractivity contribution is 0.0451. The molecule has 2 aliphatic carbocycles. The summed E-state index contributed by atoms with van der Waals surface area (Å²) in [5, 5.41) is 10.1. The van der Waals surface area contributed by atoms with Crippen molar-refractivity contribution < 1.29 is 27.1 Å². The van der Waals surface area contributed by atoms with Gasteiger partial charge in [-0.3, -0.25) is 9.59 Å². The van der Waals surface area contributed by atoms with Gasteiger partial charge in [0.15, 0.2) is 53.6 Å². The van der Waals surface area contributed by atoms with Gasteiger partial charge in [0, 0.05) is 87.8 Å². The van der Waals surface area contributed by atoms with E-state index in [0.717, 1.165) is 7.11 Å². The van der Waals surface area contributed by atoms with Crippen molar-refractivity contribution in [2.75, 3.05) is 33.3 Å². The number of piperidine rings is 2. The SMILES string of the molecule is CC1(O[Si](C)(C)C)CC1.CO.Cc1cn2cc(-c3ccc4nc(C5(F)CCN(C6CC6)CC5)[nH]c(=O)c4n3)cc(F)c2n1.Cc1cn2cc(-c3ccc4nc(C5(F)CCNCC5)[nH]c(=O)c4n3)cc(F)c2n1. The Morgan fingerprint density at radius 1 is 0.653 bits per heavy atom. The molecule has 0 radical (unpaired) electrons. The van der Waals surface area contributed by atoms with E-state index in [4.69, 9.17) is 9.53 Å². The van der Waals surface area contributed by atoms with Crippen molar-refractivity contribution in [2.24, 2.45) is 0 Å². The van der Waals surface area contributed by atoms with Gasteiger partial charge in [-0.05, 0) is 116 Å². The summed E-state index contributed by atoms with van der Waals surface area (Å²) in [7, 11) is -0.230. The molecular formula is C51H60F4N12O4Si. The highest BCUT2D eigenvalue weighted by molar-refractivity contribution is 6.69. The molecule has 2 saturated heterocycles. The van der Waals surface area contributed by atoms with Crippen LogP contribution in [-0.4, -0.2) is 112 Å². The normalized spacial score (nSPS) is 18.2. The Balaban J connectivity index is 0.000000148. The highest BCUT2D eigenvalue weighted by Gasteiger charge is 2.43. The van der Waals surface area contributed by atoms with Crippen LogP contribution in [0, 0.1) is 25.5 Å². The van der Waals surface area contributed by atoms with E-state index in [2.05, 4.69) is 76.7 Å². The standard InChI is InChI=1S/C23H22F2N6O.C20H18F2N6O.C7H16OSi.CH4O/c1-13-11-31-12-14(10-16(24)20(31)26-13)17-4-5-18-19(27-17)21(32)29-22(28-18)23(25)6-8-30(9-7-23)15-2-3-15;1-11-9-28-10-12(8-13(21)17(28)24-11)14-2-3-15-16(25-14)18(29)27-19(26-15)20(22)4-6-23-7-5-20;1-7(5-6-7)8-9(2,3)4;1-2/h4-5,10-12,15H,2-3,6-9H2,1H3,(H,28,29,32);2-3,8-10,23H,4-7H2,1H3,(H,26,27,29);5-6H2,1-4H3;2H,1H3. The molecule has 10 heterocycles. The third-order valence-electron chi connectivity index (χ3n) is 13.4. The summed E-state index contributed by atoms with van der Waals surface area (Å²) >= 11 is 0. The van der Waals surface area contributed by atoms with Gasteiger partial charge >= 0.3 is 0 Å². The Morgan fingerprint density at radius 3 is 1.50 bits per heavy atom. The molecule has 21 heteroatoms. The number of nitrogens with one attached hydrogen (secondary N) is 3. The molecule has 0 spiro atoms. The Morgan fingerprint density at radius 2 is 1.10 bits per heavy atom. The predicted molar refractivity (Wildman–Crippen MR) is 270 cm³/mol. The molecule has 0 amide bonds. The van der Waals surface area contributed by atoms with Crippen LogP contribution in [-0.2, 0) is 15.8 Å². The molecule has 0 aromatic carbocycles. The lowest BCUT2D eigenvalue weighted by Crippen LogP contribution is -2.42. The topological polar surface area (TPSA) is 197 Å². The first-order chi connectivity index (χ1) is 34.2. The second-order valence-corrected chi connectivity index (χ2v) is 24.9. The number of likely N-dealkylation sites (tertiary alicyclic amines) is 1. The van der Waals surface area contributed by atoms with Gasteiger partial charge < -0.3 is 38.5 Å². The van der Waals surface area contributed by atoms with E-state index in [0.29, 0.717) is 95.6 Å². The number of aromatic nitrogens is 10. The lowest BCUT2D eigenvalue weighted by Gasteiger charge is -2.35. The molecule has 16 nitrogen and oxygen atoms in total. The Bertz CT molecular complexity index is 3420. The smallest absolute Gasteiger partial charge is 0.277 e. The Hall–Kier alpha value is -6.26. The number of hydrogen-bond acceptors (Lipinski definition) is 12. The maximum atomic E-state index is 15.7. The molecule has 2 aliphatic heterocycles. The van der Waals surface area contributed by atoms with Crippen LogP contribution in [0.5, 0.6) is 0 Å². The van der Waals surface area contributed by atoms with E-state index in [1.165, 1.54) is 37.8 Å². The highest BCUT2D eigenvalue weighted by Crippen LogP contribution is 2.41. The van der Waals surface area contributed by atoms with E-state index >= 15 is 8.78 Å². The second-order valence-electron chi connectivity index (χ2n) is 20.4. The van der Waals surface area contributed by atoms with Crippen LogP contribution in [0.3, 0.4) is 0 Å². The maximum Gasteiger partial charge on any atom is 0.277 e. The number of alkyl halides is 2. The fourth-order valence-corrected chi connectivity index (χ4v) is 11.1. The fourth-order valence-electron chi connectivity index (χ4n) is 9.43. The van der Waals surface area contributed by atoms with Crippen molar-refractivity contribution in [1.29, 1.82) is 0 Å². The summed E-state index contributed by atoms with van der Waals surface area (Å²) in [5.74, 6) is -0.851. The molecule has 12 rings (SSSR count). The maximum absolute atomic E-state index is 15.7. The zero-order valence-electron chi connectivity index (χ0n) is 41.5. The van der Waals surface area contributed by atoms with Crippen molar-refractivity contribution in [3.63, 3.8) is 0 Å². The summed E-state index contributed by atoms with van der Waals surface area (Å²) < 4.78 is 68.8. The minimum absolute atomic E-state index is 0.0346. The molecule has 0 unspecified atom stereocenters. The van der Waals surface area contributed by atoms with Crippen LogP contribution in [0.1, 0.15) is 81.3 Å². The summed E-state index contributed by atoms with van der Waals surface area (Å²) in [5.41, 5.74) is 0.516. The quantitative estimate of drug-likeness (QED) is 0.0886.